The summed E-state index contributed by atoms with van der Waals surface area (Å²) in [7, 11) is 3.81. The summed E-state index contributed by atoms with van der Waals surface area (Å²) in [6, 6.07) is 8.58. The third-order valence-corrected chi connectivity index (χ3v) is 3.44. The Morgan fingerprint density at radius 2 is 1.90 bits per heavy atom. The van der Waals surface area contributed by atoms with Crippen LogP contribution >= 0.6 is 0 Å². The molecule has 0 atom stereocenters. The van der Waals surface area contributed by atoms with Crippen LogP contribution in [0.3, 0.4) is 0 Å². The van der Waals surface area contributed by atoms with E-state index in [0.717, 1.165) is 22.5 Å². The summed E-state index contributed by atoms with van der Waals surface area (Å²) in [4.78, 5) is 21.5. The van der Waals surface area contributed by atoms with Crippen molar-refractivity contribution >= 4 is 28.5 Å². The number of carboxylic acid groups (broad SMARTS) is 1. The number of carbonyl (C=O) groups is 1. The highest BCUT2D eigenvalue weighted by atomic mass is 16.4. The molecule has 0 aliphatic heterocycles. The average molecular weight is 282 g/mol. The fourth-order valence-corrected chi connectivity index (χ4v) is 2.24. The quantitative estimate of drug-likeness (QED) is 0.799. The lowest BCUT2D eigenvalue weighted by Gasteiger charge is -2.18. The topological polar surface area (TPSA) is 71.2 Å². The zero-order chi connectivity index (χ0) is 15.0. The monoisotopic (exact) mass is 282 g/mol. The third kappa shape index (κ3) is 2.20. The van der Waals surface area contributed by atoms with Gasteiger partial charge in [0.05, 0.1) is 17.4 Å². The maximum Gasteiger partial charge on any atom is 0.335 e. The first-order valence-electron chi connectivity index (χ1n) is 6.41. The van der Waals surface area contributed by atoms with E-state index in [0.29, 0.717) is 0 Å². The number of pyridine rings is 1. The van der Waals surface area contributed by atoms with Gasteiger partial charge in [0.2, 0.25) is 0 Å². The highest BCUT2D eigenvalue weighted by Gasteiger charge is 2.13. The molecular weight excluding hydrogens is 268 g/mol. The van der Waals surface area contributed by atoms with Crippen molar-refractivity contribution in [3.05, 3.63) is 48.4 Å². The van der Waals surface area contributed by atoms with E-state index >= 15 is 0 Å². The van der Waals surface area contributed by atoms with Gasteiger partial charge in [-0.25, -0.2) is 14.8 Å². The molecule has 0 fully saturated rings. The largest absolute Gasteiger partial charge is 0.478 e. The molecule has 1 aromatic carbocycles. The number of hydrogen-bond donors (Lipinski definition) is 1. The average Bonchev–Trinajstić information content (AvgIpc) is 2.88. The van der Waals surface area contributed by atoms with Crippen molar-refractivity contribution in [2.75, 3.05) is 11.9 Å². The lowest BCUT2D eigenvalue weighted by Crippen LogP contribution is -2.12. The normalized spacial score (nSPS) is 10.8. The molecule has 0 radical (unpaired) electrons. The minimum Gasteiger partial charge on any atom is -0.478 e. The number of rotatable bonds is 3. The molecule has 3 aromatic rings. The molecular formula is C15H14N4O2. The second-order valence-electron chi connectivity index (χ2n) is 4.77. The fraction of sp³-hybridized carbons (Fsp3) is 0.133. The van der Waals surface area contributed by atoms with E-state index in [1.165, 1.54) is 0 Å². The Kier molecular flexibility index (Phi) is 3.06. The van der Waals surface area contributed by atoms with Crippen molar-refractivity contribution in [1.29, 1.82) is 0 Å². The van der Waals surface area contributed by atoms with E-state index in [9.17, 15) is 4.79 Å². The highest BCUT2D eigenvalue weighted by molar-refractivity contribution is 5.90. The van der Waals surface area contributed by atoms with Gasteiger partial charge >= 0.3 is 5.97 Å². The summed E-state index contributed by atoms with van der Waals surface area (Å²) in [5.74, 6) is -0.203. The Bertz CT molecular complexity index is 808. The molecule has 2 aromatic heterocycles. The first kappa shape index (κ1) is 13.1. The molecule has 0 bridgehead atoms. The van der Waals surface area contributed by atoms with Gasteiger partial charge in [-0.1, -0.05) is 0 Å². The number of carboxylic acids is 1. The van der Waals surface area contributed by atoms with Crippen molar-refractivity contribution in [3.8, 4) is 0 Å². The zero-order valence-electron chi connectivity index (χ0n) is 11.7. The Balaban J connectivity index is 2.03. The van der Waals surface area contributed by atoms with Crippen molar-refractivity contribution in [2.24, 2.45) is 7.05 Å². The van der Waals surface area contributed by atoms with Crippen LogP contribution in [-0.4, -0.2) is 32.7 Å². The molecule has 106 valence electrons. The SMILES string of the molecule is CN(c1ccc(C(=O)O)cc1)c1nccc2c1ncn2C. The molecule has 6 heteroatoms. The number of aryl methyl sites for hydroxylation is 1. The number of aromatic nitrogens is 3. The number of imidazole rings is 1. The second-order valence-corrected chi connectivity index (χ2v) is 4.77. The Morgan fingerprint density at radius 3 is 2.57 bits per heavy atom. The number of nitrogens with zero attached hydrogens (tertiary/aromatic N) is 4. The number of hydrogen-bond acceptors (Lipinski definition) is 4. The molecule has 3 rings (SSSR count). The van der Waals surface area contributed by atoms with E-state index in [-0.39, 0.29) is 5.56 Å². The summed E-state index contributed by atoms with van der Waals surface area (Å²) < 4.78 is 1.93. The van der Waals surface area contributed by atoms with E-state index in [1.54, 1.807) is 36.8 Å². The van der Waals surface area contributed by atoms with Crippen LogP contribution in [0.4, 0.5) is 11.5 Å². The van der Waals surface area contributed by atoms with Gasteiger partial charge in [0.1, 0.15) is 5.52 Å². The molecule has 2 heterocycles. The van der Waals surface area contributed by atoms with Crippen LogP contribution in [0.15, 0.2) is 42.9 Å². The van der Waals surface area contributed by atoms with Crippen LogP contribution in [0.25, 0.3) is 11.0 Å². The smallest absolute Gasteiger partial charge is 0.335 e. The maximum absolute atomic E-state index is 10.9. The lowest BCUT2D eigenvalue weighted by atomic mass is 10.2. The van der Waals surface area contributed by atoms with Crippen LogP contribution in [0.2, 0.25) is 0 Å². The number of aromatic carboxylic acids is 1. The van der Waals surface area contributed by atoms with Crippen molar-refractivity contribution in [1.82, 2.24) is 14.5 Å². The zero-order valence-corrected chi connectivity index (χ0v) is 11.7. The predicted molar refractivity (Wildman–Crippen MR) is 80.0 cm³/mol. The Hall–Kier alpha value is -2.89. The van der Waals surface area contributed by atoms with E-state index < -0.39 is 5.97 Å². The van der Waals surface area contributed by atoms with Crippen molar-refractivity contribution < 1.29 is 9.90 Å². The molecule has 21 heavy (non-hydrogen) atoms. The molecule has 0 spiro atoms. The molecule has 0 amide bonds. The first-order chi connectivity index (χ1) is 10.1. The van der Waals surface area contributed by atoms with Crippen LogP contribution < -0.4 is 4.90 Å². The van der Waals surface area contributed by atoms with Crippen molar-refractivity contribution in [2.45, 2.75) is 0 Å². The van der Waals surface area contributed by atoms with Gasteiger partial charge in [0.15, 0.2) is 5.82 Å². The lowest BCUT2D eigenvalue weighted by molar-refractivity contribution is 0.0697. The number of anilines is 2. The number of fused-ring (bicyclic) bond motifs is 1. The van der Waals surface area contributed by atoms with Gasteiger partial charge in [-0.3, -0.25) is 0 Å². The van der Waals surface area contributed by atoms with Gasteiger partial charge in [-0.15, -0.1) is 0 Å². The second kappa shape index (κ2) is 4.90. The molecule has 0 saturated heterocycles. The third-order valence-electron chi connectivity index (χ3n) is 3.44. The van der Waals surface area contributed by atoms with Crippen LogP contribution in [0.5, 0.6) is 0 Å². The number of benzene rings is 1. The van der Waals surface area contributed by atoms with Crippen LogP contribution in [0.1, 0.15) is 10.4 Å². The maximum atomic E-state index is 10.9. The molecule has 1 N–H and O–H groups in total. The molecule has 0 unspecified atom stereocenters. The van der Waals surface area contributed by atoms with Gasteiger partial charge < -0.3 is 14.6 Å². The van der Waals surface area contributed by atoms with Gasteiger partial charge in [0, 0.05) is 26.0 Å². The van der Waals surface area contributed by atoms with Crippen molar-refractivity contribution in [3.63, 3.8) is 0 Å². The minimum absolute atomic E-state index is 0.260. The first-order valence-corrected chi connectivity index (χ1v) is 6.41. The van der Waals surface area contributed by atoms with Crippen LogP contribution in [0, 0.1) is 0 Å². The van der Waals surface area contributed by atoms with Crippen LogP contribution in [-0.2, 0) is 7.05 Å². The van der Waals surface area contributed by atoms with E-state index in [2.05, 4.69) is 9.97 Å². The fourth-order valence-electron chi connectivity index (χ4n) is 2.24. The summed E-state index contributed by atoms with van der Waals surface area (Å²) in [6.45, 7) is 0. The molecule has 6 nitrogen and oxygen atoms in total. The summed E-state index contributed by atoms with van der Waals surface area (Å²) in [5, 5.41) is 8.94. The van der Waals surface area contributed by atoms with E-state index in [4.69, 9.17) is 5.11 Å². The Labute approximate surface area is 121 Å². The molecule has 0 aliphatic carbocycles. The van der Waals surface area contributed by atoms with Gasteiger partial charge in [0.25, 0.3) is 0 Å². The molecule has 0 saturated carbocycles. The Morgan fingerprint density at radius 1 is 1.19 bits per heavy atom. The predicted octanol–water partition coefficient (Wildman–Crippen LogP) is 2.43. The molecule has 0 aliphatic rings. The standard InChI is InChI=1S/C15H14N4O2/c1-18-9-17-13-12(18)7-8-16-14(13)19(2)11-5-3-10(4-6-11)15(20)21/h3-9H,1-2H3,(H,20,21). The summed E-state index contributed by atoms with van der Waals surface area (Å²) >= 11 is 0. The highest BCUT2D eigenvalue weighted by Crippen LogP contribution is 2.27. The summed E-state index contributed by atoms with van der Waals surface area (Å²) in [6.07, 6.45) is 3.48. The summed E-state index contributed by atoms with van der Waals surface area (Å²) in [5.41, 5.74) is 2.92. The minimum atomic E-state index is -0.936. The van der Waals surface area contributed by atoms with E-state index in [1.807, 2.05) is 29.6 Å². The van der Waals surface area contributed by atoms with Gasteiger partial charge in [-0.2, -0.15) is 0 Å². The van der Waals surface area contributed by atoms with Gasteiger partial charge in [-0.05, 0) is 30.3 Å².